The summed E-state index contributed by atoms with van der Waals surface area (Å²) < 4.78 is 21.5. The zero-order chi connectivity index (χ0) is 23.1. The molecule has 0 fully saturated rings. The van der Waals surface area contributed by atoms with Crippen LogP contribution in [0.15, 0.2) is 86.8 Å². The molecule has 8 heteroatoms. The van der Waals surface area contributed by atoms with Crippen molar-refractivity contribution in [1.29, 1.82) is 0 Å². The van der Waals surface area contributed by atoms with Gasteiger partial charge in [-0.2, -0.15) is 0 Å². The molecular formula is C25H18FN3O4. The molecule has 0 atom stereocenters. The van der Waals surface area contributed by atoms with Gasteiger partial charge in [0.1, 0.15) is 23.5 Å². The number of nitrogens with one attached hydrogen (secondary N) is 1. The predicted octanol–water partition coefficient (Wildman–Crippen LogP) is 3.98. The summed E-state index contributed by atoms with van der Waals surface area (Å²) in [7, 11) is 0. The van der Waals surface area contributed by atoms with Crippen LogP contribution in [0.1, 0.15) is 5.56 Å². The minimum Gasteiger partial charge on any atom is -0.449 e. The lowest BCUT2D eigenvalue weighted by atomic mass is 10.2. The molecule has 2 heterocycles. The zero-order valence-electron chi connectivity index (χ0n) is 17.5. The molecule has 0 spiro atoms. The van der Waals surface area contributed by atoms with Crippen molar-refractivity contribution >= 4 is 33.7 Å². The maximum atomic E-state index is 13.5. The highest BCUT2D eigenvalue weighted by molar-refractivity contribution is 6.03. The van der Waals surface area contributed by atoms with E-state index >= 15 is 0 Å². The predicted molar refractivity (Wildman–Crippen MR) is 123 cm³/mol. The number of aromatic nitrogens is 2. The van der Waals surface area contributed by atoms with Crippen LogP contribution in [-0.2, 0) is 11.3 Å². The van der Waals surface area contributed by atoms with Crippen molar-refractivity contribution in [1.82, 2.24) is 9.13 Å². The fourth-order valence-electron chi connectivity index (χ4n) is 3.83. The number of carbonyl (C=O) groups is 1. The van der Waals surface area contributed by atoms with Crippen molar-refractivity contribution < 1.29 is 13.6 Å². The van der Waals surface area contributed by atoms with Gasteiger partial charge in [0.15, 0.2) is 0 Å². The van der Waals surface area contributed by atoms with Gasteiger partial charge < -0.3 is 9.73 Å². The quantitative estimate of drug-likeness (QED) is 0.455. The highest BCUT2D eigenvalue weighted by atomic mass is 19.1. The number of anilines is 1. The Bertz CT molecular complexity index is 1650. The first kappa shape index (κ1) is 20.4. The van der Waals surface area contributed by atoms with Gasteiger partial charge >= 0.3 is 11.2 Å². The van der Waals surface area contributed by atoms with Crippen molar-refractivity contribution in [2.75, 3.05) is 5.32 Å². The fraction of sp³-hybridized carbons (Fsp3) is 0.0800. The lowest BCUT2D eigenvalue weighted by Gasteiger charge is -2.12. The summed E-state index contributed by atoms with van der Waals surface area (Å²) in [6.07, 6.45) is 0. The second-order valence-electron chi connectivity index (χ2n) is 7.68. The topological polar surface area (TPSA) is 86.2 Å². The van der Waals surface area contributed by atoms with Crippen molar-refractivity contribution in [3.8, 4) is 5.69 Å². The van der Waals surface area contributed by atoms with Crippen LogP contribution in [0.4, 0.5) is 10.1 Å². The molecule has 0 aliphatic rings. The van der Waals surface area contributed by atoms with Gasteiger partial charge in [-0.25, -0.2) is 13.8 Å². The van der Waals surface area contributed by atoms with Crippen LogP contribution in [0.25, 0.3) is 27.8 Å². The van der Waals surface area contributed by atoms with Crippen LogP contribution in [0.3, 0.4) is 0 Å². The Balaban J connectivity index is 1.72. The molecule has 0 aliphatic heterocycles. The Hall–Kier alpha value is -4.46. The molecule has 2 aromatic heterocycles. The average Bonchev–Trinajstić information content (AvgIpc) is 3.18. The summed E-state index contributed by atoms with van der Waals surface area (Å²) in [6.45, 7) is 1.49. The molecule has 5 aromatic rings. The SMILES string of the molecule is Cc1ccc(-n2c(=O)c3oc4ccccc4c3n(CC(=O)Nc3cccc(F)c3)c2=O)cc1. The monoisotopic (exact) mass is 443 g/mol. The van der Waals surface area contributed by atoms with Crippen molar-refractivity contribution in [2.24, 2.45) is 0 Å². The number of hydrogen-bond acceptors (Lipinski definition) is 4. The third kappa shape index (κ3) is 3.61. The Kier molecular flexibility index (Phi) is 4.90. The largest absolute Gasteiger partial charge is 0.449 e. The van der Waals surface area contributed by atoms with Gasteiger partial charge in [-0.15, -0.1) is 0 Å². The van der Waals surface area contributed by atoms with E-state index in [0.717, 1.165) is 10.1 Å². The van der Waals surface area contributed by atoms with E-state index < -0.39 is 29.5 Å². The number of furan rings is 1. The number of benzene rings is 3. The number of amides is 1. The Labute approximate surface area is 186 Å². The molecule has 0 radical (unpaired) electrons. The van der Waals surface area contributed by atoms with Crippen molar-refractivity contribution in [3.63, 3.8) is 0 Å². The molecule has 0 unspecified atom stereocenters. The Morgan fingerprint density at radius 2 is 1.76 bits per heavy atom. The summed E-state index contributed by atoms with van der Waals surface area (Å²) >= 11 is 0. The van der Waals surface area contributed by atoms with E-state index in [2.05, 4.69) is 5.32 Å². The van der Waals surface area contributed by atoms with E-state index in [4.69, 9.17) is 4.42 Å². The number of hydrogen-bond donors (Lipinski definition) is 1. The maximum absolute atomic E-state index is 13.5. The van der Waals surface area contributed by atoms with E-state index in [1.807, 2.05) is 6.92 Å². The standard InChI is InChI=1S/C25H18FN3O4/c1-15-9-11-18(12-10-15)29-24(31)23-22(19-7-2-3-8-20(19)33-23)28(25(29)32)14-21(30)27-17-6-4-5-16(26)13-17/h2-13H,14H2,1H3,(H,27,30). The molecule has 0 saturated heterocycles. The second kappa shape index (κ2) is 7.90. The first-order valence-corrected chi connectivity index (χ1v) is 10.2. The molecule has 0 aliphatic carbocycles. The molecule has 1 amide bonds. The molecule has 3 aromatic carbocycles. The molecule has 1 N–H and O–H groups in total. The van der Waals surface area contributed by atoms with Gasteiger partial charge in [-0.1, -0.05) is 35.9 Å². The lowest BCUT2D eigenvalue weighted by molar-refractivity contribution is -0.116. The summed E-state index contributed by atoms with van der Waals surface area (Å²) in [5.41, 5.74) is 0.907. The molecular weight excluding hydrogens is 425 g/mol. The Morgan fingerprint density at radius 3 is 2.52 bits per heavy atom. The van der Waals surface area contributed by atoms with E-state index in [9.17, 15) is 18.8 Å². The van der Waals surface area contributed by atoms with Gasteiger partial charge in [-0.3, -0.25) is 14.2 Å². The molecule has 164 valence electrons. The molecule has 0 bridgehead atoms. The van der Waals surface area contributed by atoms with Crippen LogP contribution in [-0.4, -0.2) is 15.0 Å². The fourth-order valence-corrected chi connectivity index (χ4v) is 3.83. The summed E-state index contributed by atoms with van der Waals surface area (Å²) in [5.74, 6) is -1.05. The third-order valence-corrected chi connectivity index (χ3v) is 5.36. The summed E-state index contributed by atoms with van der Waals surface area (Å²) in [6, 6.07) is 19.2. The molecule has 5 rings (SSSR count). The van der Waals surface area contributed by atoms with Gasteiger partial charge in [0.05, 0.1) is 5.69 Å². The van der Waals surface area contributed by atoms with Gasteiger partial charge in [-0.05, 0) is 49.4 Å². The number of para-hydroxylation sites is 1. The summed E-state index contributed by atoms with van der Waals surface area (Å²) in [4.78, 5) is 39.6. The molecule has 7 nitrogen and oxygen atoms in total. The van der Waals surface area contributed by atoms with E-state index in [-0.39, 0.29) is 16.8 Å². The lowest BCUT2D eigenvalue weighted by Crippen LogP contribution is -2.40. The number of rotatable bonds is 4. The second-order valence-corrected chi connectivity index (χ2v) is 7.68. The molecule has 0 saturated carbocycles. The number of aryl methyl sites for hydroxylation is 1. The minimum absolute atomic E-state index is 0.0325. The number of carbonyl (C=O) groups excluding carboxylic acids is 1. The first-order chi connectivity index (χ1) is 15.9. The van der Waals surface area contributed by atoms with Gasteiger partial charge in [0.2, 0.25) is 11.5 Å². The van der Waals surface area contributed by atoms with E-state index in [0.29, 0.717) is 16.7 Å². The van der Waals surface area contributed by atoms with E-state index in [1.165, 1.54) is 22.8 Å². The third-order valence-electron chi connectivity index (χ3n) is 5.36. The number of fused-ring (bicyclic) bond motifs is 3. The number of halogens is 1. The van der Waals surface area contributed by atoms with Crippen molar-refractivity contribution in [3.05, 3.63) is 105 Å². The van der Waals surface area contributed by atoms with Crippen LogP contribution < -0.4 is 16.6 Å². The minimum atomic E-state index is -0.683. The van der Waals surface area contributed by atoms with Crippen LogP contribution in [0.2, 0.25) is 0 Å². The van der Waals surface area contributed by atoms with Gasteiger partial charge in [0, 0.05) is 11.1 Å². The van der Waals surface area contributed by atoms with Crippen molar-refractivity contribution in [2.45, 2.75) is 13.5 Å². The van der Waals surface area contributed by atoms with Crippen LogP contribution in [0.5, 0.6) is 0 Å². The Morgan fingerprint density at radius 1 is 1.00 bits per heavy atom. The average molecular weight is 443 g/mol. The number of nitrogens with zero attached hydrogens (tertiary/aromatic N) is 2. The smallest absolute Gasteiger partial charge is 0.336 e. The first-order valence-electron chi connectivity index (χ1n) is 10.2. The van der Waals surface area contributed by atoms with Crippen LogP contribution >= 0.6 is 0 Å². The zero-order valence-corrected chi connectivity index (χ0v) is 17.5. The normalized spacial score (nSPS) is 11.2. The van der Waals surface area contributed by atoms with E-state index in [1.54, 1.807) is 54.6 Å². The van der Waals surface area contributed by atoms with Gasteiger partial charge in [0.25, 0.3) is 0 Å². The van der Waals surface area contributed by atoms with Crippen LogP contribution in [0, 0.1) is 12.7 Å². The highest BCUT2D eigenvalue weighted by Gasteiger charge is 2.22. The molecule has 33 heavy (non-hydrogen) atoms. The highest BCUT2D eigenvalue weighted by Crippen LogP contribution is 2.26. The summed E-state index contributed by atoms with van der Waals surface area (Å²) in [5, 5.41) is 3.13. The maximum Gasteiger partial charge on any atom is 0.336 e.